The van der Waals surface area contributed by atoms with Crippen molar-refractivity contribution in [1.82, 2.24) is 18.5 Å². The lowest BCUT2D eigenvalue weighted by atomic mass is 11.5. The van der Waals surface area contributed by atoms with Crippen LogP contribution in [0.5, 0.6) is 0 Å². The van der Waals surface area contributed by atoms with Crippen LogP contribution in [0.15, 0.2) is 0 Å². The molecule has 0 saturated heterocycles. The maximum Gasteiger partial charge on any atom is 0.394 e. The Morgan fingerprint density at radius 3 is 1.00 bits per heavy atom. The largest absolute Gasteiger partial charge is 1.00 e. The van der Waals surface area contributed by atoms with Gasteiger partial charge in [0, 0.05) is 0 Å². The van der Waals surface area contributed by atoms with Crippen LogP contribution >= 0.6 is 0 Å². The molecule has 0 amide bonds. The fraction of sp³-hybridized carbons (Fsp3) is 0. The van der Waals surface area contributed by atoms with Crippen LogP contribution in [0.4, 0.5) is 4.79 Å². The van der Waals surface area contributed by atoms with Crippen molar-refractivity contribution in [1.29, 1.82) is 0 Å². The van der Waals surface area contributed by atoms with Crippen molar-refractivity contribution >= 4 is 16.6 Å². The molecule has 0 heterocycles. The lowest BCUT2D eigenvalue weighted by Crippen LogP contribution is -3.00. The maximum absolute atomic E-state index is 8.74. The maximum atomic E-state index is 8.74. The SMILES string of the molecule is O=C([O-])[O-].O=S(=O)(O)O.[Cl-].[NH4+].[NH4+].[NH4+]. The Hall–Kier alpha value is -0.690. The van der Waals surface area contributed by atoms with Crippen molar-refractivity contribution < 1.29 is 44.9 Å². The first kappa shape index (κ1) is 39.5. The molecule has 0 bridgehead atoms. The first-order valence-electron chi connectivity index (χ1n) is 1.31. The van der Waals surface area contributed by atoms with Crippen LogP contribution < -0.4 is 41.1 Å². The number of carbonyl (C=O) groups excluding carboxylic acids is 1. The summed E-state index contributed by atoms with van der Waals surface area (Å²) in [6, 6.07) is 0. The Morgan fingerprint density at radius 1 is 1.00 bits per heavy atom. The van der Waals surface area contributed by atoms with Gasteiger partial charge >= 0.3 is 10.4 Å². The Labute approximate surface area is 80.7 Å². The summed E-state index contributed by atoms with van der Waals surface area (Å²) in [5, 5.41) is 16.7. The molecule has 14 N–H and O–H groups in total. The second-order valence-electron chi connectivity index (χ2n) is 0.698. The summed E-state index contributed by atoms with van der Waals surface area (Å²) < 4.78 is 31.6. The normalized spacial score (nSPS) is 6.31. The van der Waals surface area contributed by atoms with Crippen LogP contribution in [0.1, 0.15) is 0 Å². The molecule has 0 aromatic carbocycles. The van der Waals surface area contributed by atoms with Gasteiger partial charge in [0.05, 0.1) is 0 Å². The number of carboxylic acid groups (broad SMARTS) is 2. The standard InChI is InChI=1S/CH2O3.ClH.3H3N.H2O4S/c2-1(3)4;;;;;1-5(2,3)4/h(H2,2,3,4);1H;3*1H3;(H2,1,2,3,4). The van der Waals surface area contributed by atoms with Crippen LogP contribution in [0.3, 0.4) is 0 Å². The molecule has 13 heavy (non-hydrogen) atoms. The molecule has 88 valence electrons. The summed E-state index contributed by atoms with van der Waals surface area (Å²) in [5.74, 6) is 0. The molecule has 0 spiro atoms. The van der Waals surface area contributed by atoms with E-state index in [1.807, 2.05) is 0 Å². The summed E-state index contributed by atoms with van der Waals surface area (Å²) in [6.07, 6.45) is -2.33. The average molecular weight is 248 g/mol. The topological polar surface area (TPSA) is 247 Å². The fourth-order valence-electron chi connectivity index (χ4n) is 0. The third-order valence-electron chi connectivity index (χ3n) is 0. The summed E-state index contributed by atoms with van der Waals surface area (Å²) in [6.45, 7) is 0. The van der Waals surface area contributed by atoms with E-state index in [9.17, 15) is 0 Å². The molecule has 0 aliphatic heterocycles. The van der Waals surface area contributed by atoms with Gasteiger partial charge in [0.25, 0.3) is 0 Å². The Kier molecular flexibility index (Phi) is 53.0. The highest BCUT2D eigenvalue weighted by Gasteiger charge is 1.84. The second kappa shape index (κ2) is 17.4. The van der Waals surface area contributed by atoms with Gasteiger partial charge in [-0.2, -0.15) is 8.42 Å². The molecule has 12 heteroatoms. The van der Waals surface area contributed by atoms with E-state index in [1.165, 1.54) is 0 Å². The van der Waals surface area contributed by atoms with Crippen molar-refractivity contribution in [3.05, 3.63) is 0 Å². The van der Waals surface area contributed by atoms with Gasteiger partial charge < -0.3 is 45.9 Å². The molecule has 0 aliphatic rings. The van der Waals surface area contributed by atoms with E-state index < -0.39 is 16.6 Å². The van der Waals surface area contributed by atoms with E-state index in [2.05, 4.69) is 0 Å². The van der Waals surface area contributed by atoms with E-state index in [1.54, 1.807) is 0 Å². The van der Waals surface area contributed by atoms with Crippen molar-refractivity contribution in [2.75, 3.05) is 0 Å². The van der Waals surface area contributed by atoms with Crippen molar-refractivity contribution in [2.24, 2.45) is 0 Å². The summed E-state index contributed by atoms with van der Waals surface area (Å²) in [7, 11) is -4.67. The summed E-state index contributed by atoms with van der Waals surface area (Å²) in [4.78, 5) is 8.33. The van der Waals surface area contributed by atoms with Gasteiger partial charge in [0.1, 0.15) is 0 Å². The van der Waals surface area contributed by atoms with Gasteiger partial charge in [-0.15, -0.1) is 0 Å². The number of halogens is 1. The van der Waals surface area contributed by atoms with Crippen molar-refractivity contribution in [3.63, 3.8) is 0 Å². The molecular weight excluding hydrogens is 234 g/mol. The van der Waals surface area contributed by atoms with Gasteiger partial charge in [-0.1, -0.05) is 0 Å². The highest BCUT2D eigenvalue weighted by Crippen LogP contribution is 1.59. The number of rotatable bonds is 0. The highest BCUT2D eigenvalue weighted by atomic mass is 35.5. The molecule has 0 saturated carbocycles. The number of hydrogen-bond donors (Lipinski definition) is 5. The third-order valence-corrected chi connectivity index (χ3v) is 0. The molecule has 0 aromatic heterocycles. The molecule has 0 aromatic rings. The van der Waals surface area contributed by atoms with E-state index in [4.69, 9.17) is 32.5 Å². The summed E-state index contributed by atoms with van der Waals surface area (Å²) in [5.41, 5.74) is 0. The van der Waals surface area contributed by atoms with Gasteiger partial charge in [-0.3, -0.25) is 9.11 Å². The average Bonchev–Trinajstić information content (AvgIpc) is 1.19. The first-order valence-corrected chi connectivity index (χ1v) is 2.71. The monoisotopic (exact) mass is 247 g/mol. The Balaban J connectivity index is -0.0000000146. The van der Waals surface area contributed by atoms with Crippen molar-refractivity contribution in [2.45, 2.75) is 0 Å². The van der Waals surface area contributed by atoms with E-state index >= 15 is 0 Å². The zero-order chi connectivity index (χ0) is 8.08. The quantitative estimate of drug-likeness (QED) is 0.260. The van der Waals surface area contributed by atoms with Crippen LogP contribution in [-0.2, 0) is 10.4 Å². The van der Waals surface area contributed by atoms with Gasteiger partial charge in [-0.05, 0) is 6.16 Å². The minimum atomic E-state index is -4.67. The van der Waals surface area contributed by atoms with Gasteiger partial charge in [0.2, 0.25) is 0 Å². The van der Waals surface area contributed by atoms with E-state index in [0.717, 1.165) is 0 Å². The lowest BCUT2D eigenvalue weighted by Gasteiger charge is -1.96. The molecule has 0 unspecified atom stereocenters. The summed E-state index contributed by atoms with van der Waals surface area (Å²) >= 11 is 0. The molecule has 0 rings (SSSR count). The van der Waals surface area contributed by atoms with Crippen LogP contribution in [-0.4, -0.2) is 23.7 Å². The highest BCUT2D eigenvalue weighted by molar-refractivity contribution is 7.79. The number of hydrogen-bond acceptors (Lipinski definition) is 5. The number of carbonyl (C=O) groups is 1. The Morgan fingerprint density at radius 2 is 1.00 bits per heavy atom. The first-order chi connectivity index (χ1) is 3.73. The fourth-order valence-corrected chi connectivity index (χ4v) is 0. The van der Waals surface area contributed by atoms with Gasteiger partial charge in [-0.25, -0.2) is 0 Å². The van der Waals surface area contributed by atoms with E-state index in [-0.39, 0.29) is 30.9 Å². The zero-order valence-corrected chi connectivity index (χ0v) is 8.79. The molecule has 0 aliphatic carbocycles. The van der Waals surface area contributed by atoms with Crippen molar-refractivity contribution in [3.8, 4) is 0 Å². The van der Waals surface area contributed by atoms with Gasteiger partial charge in [0.15, 0.2) is 0 Å². The predicted octanol–water partition coefficient (Wildman–Crippen LogP) is -4.97. The minimum Gasteiger partial charge on any atom is -1.00 e. The predicted molar refractivity (Wildman–Crippen MR) is 37.5 cm³/mol. The smallest absolute Gasteiger partial charge is 0.394 e. The molecule has 0 fully saturated rings. The zero-order valence-electron chi connectivity index (χ0n) is 7.22. The van der Waals surface area contributed by atoms with Crippen LogP contribution in [0, 0.1) is 0 Å². The molecule has 10 nitrogen and oxygen atoms in total. The second-order valence-corrected chi connectivity index (χ2v) is 1.59. The third kappa shape index (κ3) is 2060. The minimum absolute atomic E-state index is 0. The van der Waals surface area contributed by atoms with E-state index in [0.29, 0.717) is 0 Å². The van der Waals surface area contributed by atoms with Crippen LogP contribution in [0.25, 0.3) is 0 Å². The molecular formula is CH14ClN3O7S. The lowest BCUT2D eigenvalue weighted by molar-refractivity contribution is -0.415. The Bertz CT molecular complexity index is 166. The molecule has 0 atom stereocenters. The number of quaternary nitrogens is 3. The molecule has 0 radical (unpaired) electrons. The van der Waals surface area contributed by atoms with Crippen LogP contribution in [0.2, 0.25) is 0 Å².